The maximum Gasteiger partial charge on any atom is 0.337 e. The van der Waals surface area contributed by atoms with Gasteiger partial charge in [0, 0.05) is 0 Å². The molecule has 6 N–H and O–H groups in total. The fourth-order valence-electron chi connectivity index (χ4n) is 13.7. The minimum absolute atomic E-state index is 0.0184. The number of fused-ring (bicyclic) bond motifs is 7. The maximum atomic E-state index is 13.1. The van der Waals surface area contributed by atoms with Crippen LogP contribution in [0.4, 0.5) is 0 Å². The third-order valence-corrected chi connectivity index (χ3v) is 17.4. The summed E-state index contributed by atoms with van der Waals surface area (Å²) >= 11 is 0. The first kappa shape index (κ1) is 42.4. The number of carboxylic acids is 1. The van der Waals surface area contributed by atoms with Gasteiger partial charge in [0.2, 0.25) is 0 Å². The third kappa shape index (κ3) is 6.18. The number of hydrogen-bond donors (Lipinski definition) is 6. The predicted molar refractivity (Wildman–Crippen MR) is 201 cm³/mol. The second-order valence-corrected chi connectivity index (χ2v) is 20.9. The molecule has 5 aliphatic carbocycles. The van der Waals surface area contributed by atoms with Crippen molar-refractivity contribution in [1.82, 2.24) is 0 Å². The zero-order valence-corrected chi connectivity index (χ0v) is 34.8. The number of hydrogen-bond acceptors (Lipinski definition) is 12. The molecular formula is C43H68O13. The van der Waals surface area contributed by atoms with Gasteiger partial charge < -0.3 is 54.3 Å². The van der Waals surface area contributed by atoms with Crippen molar-refractivity contribution in [3.05, 3.63) is 11.6 Å². The van der Waals surface area contributed by atoms with Crippen molar-refractivity contribution in [2.45, 2.75) is 187 Å². The zero-order valence-electron chi connectivity index (χ0n) is 34.8. The minimum atomic E-state index is -1.73. The SMILES string of the molecule is COC(=O)C1OC(OC2CCC3(C)C(CCC4(C)C3CC=C3C5CC(C)(C)CCC5(C(=O)O)CCC34C)C2(C)C)C(O)C(O)C1OC1OC(C)C(O)C(O)C1O. The van der Waals surface area contributed by atoms with Crippen molar-refractivity contribution < 1.29 is 63.9 Å². The third-order valence-electron chi connectivity index (χ3n) is 17.4. The summed E-state index contributed by atoms with van der Waals surface area (Å²) in [5.41, 5.74) is 0.239. The van der Waals surface area contributed by atoms with Crippen LogP contribution in [-0.2, 0) is 33.3 Å². The van der Waals surface area contributed by atoms with E-state index in [1.54, 1.807) is 0 Å². The Labute approximate surface area is 331 Å². The molecule has 0 radical (unpaired) electrons. The lowest BCUT2D eigenvalue weighted by Crippen LogP contribution is -2.67. The smallest absolute Gasteiger partial charge is 0.337 e. The van der Waals surface area contributed by atoms with Crippen LogP contribution in [0.15, 0.2) is 11.6 Å². The lowest BCUT2D eigenvalue weighted by Gasteiger charge is -2.71. The van der Waals surface area contributed by atoms with Crippen molar-refractivity contribution >= 4 is 11.9 Å². The molecule has 7 aliphatic rings. The second-order valence-electron chi connectivity index (χ2n) is 20.9. The van der Waals surface area contributed by atoms with Crippen LogP contribution in [0.1, 0.15) is 120 Å². The number of methoxy groups -OCH3 is 1. The van der Waals surface area contributed by atoms with Crippen molar-refractivity contribution in [2.75, 3.05) is 7.11 Å². The van der Waals surface area contributed by atoms with Gasteiger partial charge in [-0.2, -0.15) is 0 Å². The quantitative estimate of drug-likeness (QED) is 0.128. The van der Waals surface area contributed by atoms with Crippen LogP contribution in [0, 0.1) is 50.2 Å². The Balaban J connectivity index is 1.11. The molecule has 0 aromatic carbocycles. The number of aliphatic hydroxyl groups is 5. The summed E-state index contributed by atoms with van der Waals surface area (Å²) in [5, 5.41) is 64.6. The van der Waals surface area contributed by atoms with Gasteiger partial charge in [0.1, 0.15) is 36.6 Å². The summed E-state index contributed by atoms with van der Waals surface area (Å²) in [6, 6.07) is 0. The van der Waals surface area contributed by atoms with E-state index in [1.807, 2.05) is 0 Å². The largest absolute Gasteiger partial charge is 0.481 e. The molecule has 0 aromatic rings. The lowest BCUT2D eigenvalue weighted by atomic mass is 9.33. The second kappa shape index (κ2) is 14.2. The van der Waals surface area contributed by atoms with Gasteiger partial charge in [-0.25, -0.2) is 4.79 Å². The first-order valence-electron chi connectivity index (χ1n) is 21.0. The van der Waals surface area contributed by atoms with Crippen LogP contribution in [-0.4, -0.2) is 117 Å². The molecular weight excluding hydrogens is 724 g/mol. The Bertz CT molecular complexity index is 1560. The Kier molecular flexibility index (Phi) is 10.8. The summed E-state index contributed by atoms with van der Waals surface area (Å²) in [6.07, 6.45) is -4.47. The molecule has 0 bridgehead atoms. The maximum absolute atomic E-state index is 13.1. The van der Waals surface area contributed by atoms with E-state index in [-0.39, 0.29) is 33.5 Å². The van der Waals surface area contributed by atoms with Crippen LogP contribution in [0.25, 0.3) is 0 Å². The summed E-state index contributed by atoms with van der Waals surface area (Å²) in [7, 11) is 1.15. The van der Waals surface area contributed by atoms with E-state index in [1.165, 1.54) is 12.5 Å². The fraction of sp³-hybridized carbons (Fsp3) is 0.907. The number of carbonyl (C=O) groups excluding carboxylic acids is 1. The molecule has 0 aromatic heterocycles. The lowest BCUT2D eigenvalue weighted by molar-refractivity contribution is -0.361. The van der Waals surface area contributed by atoms with Gasteiger partial charge in [-0.3, -0.25) is 4.79 Å². The van der Waals surface area contributed by atoms with Crippen molar-refractivity contribution in [3.8, 4) is 0 Å². The fourth-order valence-corrected chi connectivity index (χ4v) is 13.7. The van der Waals surface area contributed by atoms with Gasteiger partial charge in [0.05, 0.1) is 24.7 Å². The number of rotatable bonds is 6. The average Bonchev–Trinajstić information content (AvgIpc) is 3.13. The molecule has 2 aliphatic heterocycles. The number of ether oxygens (including phenoxy) is 5. The van der Waals surface area contributed by atoms with E-state index < -0.39 is 90.3 Å². The topological polar surface area (TPSA) is 202 Å². The Hall–Kier alpha value is -1.68. The molecule has 13 heteroatoms. The molecule has 18 unspecified atom stereocenters. The molecule has 2 saturated heterocycles. The molecule has 318 valence electrons. The molecule has 13 nitrogen and oxygen atoms in total. The van der Waals surface area contributed by atoms with Crippen LogP contribution < -0.4 is 0 Å². The highest BCUT2D eigenvalue weighted by atomic mass is 16.7. The molecule has 0 spiro atoms. The molecule has 7 rings (SSSR count). The van der Waals surface area contributed by atoms with Gasteiger partial charge in [0.25, 0.3) is 0 Å². The summed E-state index contributed by atoms with van der Waals surface area (Å²) in [4.78, 5) is 26.1. The molecule has 18 atom stereocenters. The van der Waals surface area contributed by atoms with Crippen molar-refractivity contribution in [2.24, 2.45) is 50.2 Å². The highest BCUT2D eigenvalue weighted by molar-refractivity contribution is 5.77. The monoisotopic (exact) mass is 792 g/mol. The normalized spacial score (nSPS) is 52.3. The van der Waals surface area contributed by atoms with Gasteiger partial charge in [-0.15, -0.1) is 0 Å². The zero-order chi connectivity index (χ0) is 41.1. The van der Waals surface area contributed by atoms with E-state index in [0.717, 1.165) is 58.5 Å². The Morgan fingerprint density at radius 2 is 1.39 bits per heavy atom. The number of aliphatic hydroxyl groups excluding tert-OH is 5. The van der Waals surface area contributed by atoms with E-state index in [4.69, 9.17) is 23.7 Å². The molecule has 4 saturated carbocycles. The highest BCUT2D eigenvalue weighted by Crippen LogP contribution is 2.76. The van der Waals surface area contributed by atoms with Crippen LogP contribution in [0.5, 0.6) is 0 Å². The average molecular weight is 793 g/mol. The van der Waals surface area contributed by atoms with Gasteiger partial charge in [-0.1, -0.05) is 60.1 Å². The molecule has 6 fully saturated rings. The number of esters is 1. The summed E-state index contributed by atoms with van der Waals surface area (Å²) in [6.45, 7) is 17.9. The number of aliphatic carboxylic acids is 1. The predicted octanol–water partition coefficient (Wildman–Crippen LogP) is 4.09. The van der Waals surface area contributed by atoms with E-state index in [9.17, 15) is 40.2 Å². The van der Waals surface area contributed by atoms with E-state index in [0.29, 0.717) is 18.8 Å². The van der Waals surface area contributed by atoms with Crippen molar-refractivity contribution in [3.63, 3.8) is 0 Å². The molecule has 0 amide bonds. The Morgan fingerprint density at radius 1 is 0.750 bits per heavy atom. The highest BCUT2D eigenvalue weighted by Gasteiger charge is 2.69. The summed E-state index contributed by atoms with van der Waals surface area (Å²) in [5.74, 6) is -0.861. The first-order valence-corrected chi connectivity index (χ1v) is 21.0. The van der Waals surface area contributed by atoms with Gasteiger partial charge >= 0.3 is 11.9 Å². The Morgan fingerprint density at radius 3 is 2.05 bits per heavy atom. The van der Waals surface area contributed by atoms with E-state index >= 15 is 0 Å². The first-order chi connectivity index (χ1) is 26.0. The minimum Gasteiger partial charge on any atom is -0.481 e. The standard InChI is InChI=1S/C43H68O13/c1-21-27(44)28(45)30(47)35(53-21)55-32-29(46)31(48)36(56-33(32)34(49)52-9)54-26-13-14-40(6)24(39(26,4)5)12-15-42(8)25(40)11-10-22-23-20-38(2,3)16-18-43(23,37(50)51)19-17-41(22,42)7/h10,21,23-33,35-36,44-48H,11-20H2,1-9H3,(H,50,51). The van der Waals surface area contributed by atoms with Crippen LogP contribution >= 0.6 is 0 Å². The summed E-state index contributed by atoms with van der Waals surface area (Å²) < 4.78 is 29.0. The van der Waals surface area contributed by atoms with Gasteiger partial charge in [-0.05, 0) is 116 Å². The van der Waals surface area contributed by atoms with Gasteiger partial charge in [0.15, 0.2) is 18.7 Å². The number of carboxylic acid groups (broad SMARTS) is 1. The van der Waals surface area contributed by atoms with Crippen LogP contribution in [0.3, 0.4) is 0 Å². The van der Waals surface area contributed by atoms with E-state index in [2.05, 4.69) is 54.5 Å². The number of carbonyl (C=O) groups is 2. The van der Waals surface area contributed by atoms with Crippen LogP contribution in [0.2, 0.25) is 0 Å². The molecule has 56 heavy (non-hydrogen) atoms. The van der Waals surface area contributed by atoms with Crippen molar-refractivity contribution in [1.29, 1.82) is 0 Å². The molecule has 2 heterocycles. The number of allylic oxidation sites excluding steroid dienone is 2.